The largest absolute Gasteiger partial charge is 0.506 e. The summed E-state index contributed by atoms with van der Waals surface area (Å²) in [5, 5.41) is 14.1. The third kappa shape index (κ3) is 2.85. The molecule has 1 aliphatic carbocycles. The first-order valence-electron chi connectivity index (χ1n) is 6.94. The Hall–Kier alpha value is -3.34. The minimum atomic E-state index is -0.267. The molecule has 1 aromatic heterocycles. The maximum Gasteiger partial charge on any atom is 0.199 e. The average Bonchev–Trinajstić information content (AvgIpc) is 3.15. The Bertz CT molecular complexity index is 843. The Balaban J connectivity index is 1.68. The van der Waals surface area contributed by atoms with Crippen molar-refractivity contribution in [2.24, 2.45) is 5.10 Å². The molecular weight excluding hydrogens is 292 g/mol. The molecule has 1 aromatic carbocycles. The van der Waals surface area contributed by atoms with Gasteiger partial charge in [0.15, 0.2) is 5.78 Å². The summed E-state index contributed by atoms with van der Waals surface area (Å²) in [6, 6.07) is 10.5. The molecule has 0 atom stereocenters. The molecule has 0 amide bonds. The van der Waals surface area contributed by atoms with Gasteiger partial charge in [-0.05, 0) is 24.3 Å². The summed E-state index contributed by atoms with van der Waals surface area (Å²) in [6.07, 6.45) is 6.49. The zero-order chi connectivity index (χ0) is 16.2. The zero-order valence-corrected chi connectivity index (χ0v) is 12.2. The summed E-state index contributed by atoms with van der Waals surface area (Å²) in [6.45, 7) is 3.76. The maximum atomic E-state index is 12.3. The average molecular weight is 306 g/mol. The number of hydrazone groups is 1. The van der Waals surface area contributed by atoms with Crippen molar-refractivity contribution in [2.75, 3.05) is 0 Å². The quantitative estimate of drug-likeness (QED) is 0.654. The van der Waals surface area contributed by atoms with E-state index >= 15 is 0 Å². The van der Waals surface area contributed by atoms with Gasteiger partial charge in [0.2, 0.25) is 0 Å². The first-order chi connectivity index (χ1) is 11.2. The molecule has 0 spiro atoms. The van der Waals surface area contributed by atoms with E-state index in [4.69, 9.17) is 4.42 Å². The SMILES string of the molecule is C=C(N/N=C\C=C\c1ccco1)C1=C(O)c2ccccc2C1=O. The first kappa shape index (κ1) is 14.6. The summed E-state index contributed by atoms with van der Waals surface area (Å²) in [5.41, 5.74) is 4.01. The van der Waals surface area contributed by atoms with Crippen molar-refractivity contribution in [3.05, 3.63) is 83.5 Å². The number of fused-ring (bicyclic) bond motifs is 1. The lowest BCUT2D eigenvalue weighted by atomic mass is 10.1. The van der Waals surface area contributed by atoms with Gasteiger partial charge in [0.05, 0.1) is 17.5 Å². The molecule has 5 heteroatoms. The lowest BCUT2D eigenvalue weighted by Crippen LogP contribution is -2.12. The smallest absolute Gasteiger partial charge is 0.199 e. The Labute approximate surface area is 132 Å². The molecule has 3 rings (SSSR count). The number of benzene rings is 1. The van der Waals surface area contributed by atoms with Crippen LogP contribution in [0.2, 0.25) is 0 Å². The molecule has 5 nitrogen and oxygen atoms in total. The monoisotopic (exact) mass is 306 g/mol. The number of hydrogen-bond donors (Lipinski definition) is 2. The number of nitrogens with one attached hydrogen (secondary N) is 1. The summed E-state index contributed by atoms with van der Waals surface area (Å²) in [7, 11) is 0. The van der Waals surface area contributed by atoms with Crippen molar-refractivity contribution < 1.29 is 14.3 Å². The van der Waals surface area contributed by atoms with Gasteiger partial charge in [-0.25, -0.2) is 0 Å². The third-order valence-electron chi connectivity index (χ3n) is 3.36. The number of rotatable bonds is 5. The summed E-state index contributed by atoms with van der Waals surface area (Å²) in [4.78, 5) is 12.3. The van der Waals surface area contributed by atoms with Crippen LogP contribution in [0.4, 0.5) is 0 Å². The van der Waals surface area contributed by atoms with Crippen molar-refractivity contribution in [3.8, 4) is 0 Å². The number of carbonyl (C=O) groups excluding carboxylic acids is 1. The highest BCUT2D eigenvalue weighted by Gasteiger charge is 2.30. The number of nitrogens with zero attached hydrogens (tertiary/aromatic N) is 1. The maximum absolute atomic E-state index is 12.3. The van der Waals surface area contributed by atoms with Gasteiger partial charge >= 0.3 is 0 Å². The van der Waals surface area contributed by atoms with Crippen LogP contribution >= 0.6 is 0 Å². The van der Waals surface area contributed by atoms with Crippen LogP contribution in [-0.2, 0) is 0 Å². The summed E-state index contributed by atoms with van der Waals surface area (Å²) in [5.74, 6) is 0.360. The van der Waals surface area contributed by atoms with E-state index < -0.39 is 0 Å². The number of aliphatic hydroxyl groups is 1. The molecule has 2 aromatic rings. The highest BCUT2D eigenvalue weighted by Crippen LogP contribution is 2.33. The van der Waals surface area contributed by atoms with Gasteiger partial charge in [-0.15, -0.1) is 0 Å². The van der Waals surface area contributed by atoms with Gasteiger partial charge in [-0.2, -0.15) is 5.10 Å². The van der Waals surface area contributed by atoms with Crippen molar-refractivity contribution in [3.63, 3.8) is 0 Å². The summed E-state index contributed by atoms with van der Waals surface area (Å²) < 4.78 is 5.13. The molecule has 0 radical (unpaired) electrons. The van der Waals surface area contributed by atoms with Crippen LogP contribution in [0.5, 0.6) is 0 Å². The van der Waals surface area contributed by atoms with E-state index in [1.54, 1.807) is 48.7 Å². The van der Waals surface area contributed by atoms with Crippen LogP contribution < -0.4 is 5.43 Å². The van der Waals surface area contributed by atoms with Crippen molar-refractivity contribution >= 4 is 23.8 Å². The molecule has 1 heterocycles. The van der Waals surface area contributed by atoms with Crippen LogP contribution in [0.15, 0.2) is 76.1 Å². The van der Waals surface area contributed by atoms with Crippen molar-refractivity contribution in [1.29, 1.82) is 0 Å². The molecular formula is C18H14N2O3. The fourth-order valence-corrected chi connectivity index (χ4v) is 2.28. The van der Waals surface area contributed by atoms with Gasteiger partial charge in [0, 0.05) is 17.3 Å². The standard InChI is InChI=1S/C18H14N2O3/c1-12(20-19-10-4-6-13-7-5-11-23-13)16-17(21)14-8-2-3-9-15(14)18(16)22/h2-11,20-21H,1H2/b6-4+,19-10-. The normalized spacial score (nSPS) is 14.0. The Morgan fingerprint density at radius 1 is 1.22 bits per heavy atom. The molecule has 0 saturated heterocycles. The highest BCUT2D eigenvalue weighted by atomic mass is 16.3. The number of ketones is 1. The molecule has 1 aliphatic rings. The van der Waals surface area contributed by atoms with E-state index in [9.17, 15) is 9.90 Å². The fourth-order valence-electron chi connectivity index (χ4n) is 2.28. The van der Waals surface area contributed by atoms with E-state index in [0.717, 1.165) is 0 Å². The minimum absolute atomic E-state index is 0.0792. The second-order valence-corrected chi connectivity index (χ2v) is 4.84. The zero-order valence-electron chi connectivity index (χ0n) is 12.2. The van der Waals surface area contributed by atoms with E-state index in [0.29, 0.717) is 16.9 Å². The lowest BCUT2D eigenvalue weighted by Gasteiger charge is -2.04. The van der Waals surface area contributed by atoms with Crippen molar-refractivity contribution in [2.45, 2.75) is 0 Å². The van der Waals surface area contributed by atoms with E-state index in [1.165, 1.54) is 6.21 Å². The lowest BCUT2D eigenvalue weighted by molar-refractivity contribution is 0.103. The van der Waals surface area contributed by atoms with Gasteiger partial charge in [0.25, 0.3) is 0 Å². The number of allylic oxidation sites excluding steroid dienone is 2. The van der Waals surface area contributed by atoms with Crippen LogP contribution in [-0.4, -0.2) is 17.1 Å². The molecule has 0 fully saturated rings. The molecule has 0 unspecified atom stereocenters. The van der Waals surface area contributed by atoms with Crippen molar-refractivity contribution in [1.82, 2.24) is 5.43 Å². The predicted molar refractivity (Wildman–Crippen MR) is 88.8 cm³/mol. The number of Topliss-reactive ketones (excluding diaryl/α,β-unsaturated/α-hetero) is 1. The Morgan fingerprint density at radius 2 is 2.00 bits per heavy atom. The predicted octanol–water partition coefficient (Wildman–Crippen LogP) is 3.55. The molecule has 0 bridgehead atoms. The number of aliphatic hydroxyl groups excluding tert-OH is 1. The van der Waals surface area contributed by atoms with Crippen LogP contribution in [0, 0.1) is 0 Å². The molecule has 0 aliphatic heterocycles. The first-order valence-corrected chi connectivity index (χ1v) is 6.94. The summed E-state index contributed by atoms with van der Waals surface area (Å²) >= 11 is 0. The Kier molecular flexibility index (Phi) is 3.93. The van der Waals surface area contributed by atoms with E-state index in [1.807, 2.05) is 6.07 Å². The van der Waals surface area contributed by atoms with Crippen LogP contribution in [0.1, 0.15) is 21.7 Å². The second-order valence-electron chi connectivity index (χ2n) is 4.84. The van der Waals surface area contributed by atoms with Crippen LogP contribution in [0.25, 0.3) is 11.8 Å². The second kappa shape index (κ2) is 6.19. The van der Waals surface area contributed by atoms with Gasteiger partial charge < -0.3 is 9.52 Å². The fraction of sp³-hybridized carbons (Fsp3) is 0. The third-order valence-corrected chi connectivity index (χ3v) is 3.36. The number of furan rings is 1. The molecule has 23 heavy (non-hydrogen) atoms. The van der Waals surface area contributed by atoms with Gasteiger partial charge in [0.1, 0.15) is 11.5 Å². The Morgan fingerprint density at radius 3 is 2.70 bits per heavy atom. The van der Waals surface area contributed by atoms with Gasteiger partial charge in [-0.1, -0.05) is 30.8 Å². The molecule has 2 N–H and O–H groups in total. The minimum Gasteiger partial charge on any atom is -0.506 e. The topological polar surface area (TPSA) is 74.8 Å². The van der Waals surface area contributed by atoms with E-state index in [-0.39, 0.29) is 22.8 Å². The highest BCUT2D eigenvalue weighted by molar-refractivity contribution is 6.21. The van der Waals surface area contributed by atoms with Crippen LogP contribution in [0.3, 0.4) is 0 Å². The molecule has 0 saturated carbocycles. The number of hydrogen-bond acceptors (Lipinski definition) is 5. The van der Waals surface area contributed by atoms with Gasteiger partial charge in [-0.3, -0.25) is 10.2 Å². The number of carbonyl (C=O) groups is 1. The molecule has 114 valence electrons. The van der Waals surface area contributed by atoms with E-state index in [2.05, 4.69) is 17.1 Å².